The highest BCUT2D eigenvalue weighted by Crippen LogP contribution is 2.29. The van der Waals surface area contributed by atoms with Crippen molar-refractivity contribution in [3.63, 3.8) is 0 Å². The van der Waals surface area contributed by atoms with Crippen molar-refractivity contribution in [3.8, 4) is 0 Å². The zero-order valence-electron chi connectivity index (χ0n) is 9.26. The van der Waals surface area contributed by atoms with E-state index in [4.69, 9.17) is 0 Å². The molecular weight excluding hydrogens is 156 g/mol. The van der Waals surface area contributed by atoms with Crippen LogP contribution >= 0.6 is 0 Å². The Balaban J connectivity index is 2.11. The van der Waals surface area contributed by atoms with Gasteiger partial charge in [0.05, 0.1) is 0 Å². The molecule has 0 heteroatoms. The highest BCUT2D eigenvalue weighted by molar-refractivity contribution is 4.90. The Kier molecular flexibility index (Phi) is 5.19. The van der Waals surface area contributed by atoms with Gasteiger partial charge in [-0.05, 0) is 31.1 Å². The fourth-order valence-corrected chi connectivity index (χ4v) is 2.09. The molecule has 76 valence electrons. The summed E-state index contributed by atoms with van der Waals surface area (Å²) in [7, 11) is 0. The summed E-state index contributed by atoms with van der Waals surface area (Å²) >= 11 is 0. The van der Waals surface area contributed by atoms with Crippen LogP contribution in [0, 0.1) is 11.8 Å². The molecule has 1 aliphatic carbocycles. The predicted octanol–water partition coefficient (Wildman–Crippen LogP) is 4.56. The van der Waals surface area contributed by atoms with Gasteiger partial charge < -0.3 is 0 Å². The topological polar surface area (TPSA) is 0 Å². The first kappa shape index (κ1) is 10.8. The fraction of sp³-hybridized carbons (Fsp3) is 0.846. The smallest absolute Gasteiger partial charge is 0.0233 e. The molecule has 0 amide bonds. The molecule has 0 aromatic carbocycles. The Morgan fingerprint density at radius 3 is 2.46 bits per heavy atom. The zero-order valence-corrected chi connectivity index (χ0v) is 9.26. The van der Waals surface area contributed by atoms with E-state index in [1.54, 1.807) is 0 Å². The van der Waals surface area contributed by atoms with E-state index in [1.807, 2.05) is 0 Å². The minimum atomic E-state index is 0.910. The van der Waals surface area contributed by atoms with Crippen LogP contribution in [0.15, 0.2) is 12.2 Å². The van der Waals surface area contributed by atoms with E-state index in [9.17, 15) is 0 Å². The van der Waals surface area contributed by atoms with Gasteiger partial charge in [0.1, 0.15) is 0 Å². The van der Waals surface area contributed by atoms with Crippen LogP contribution in [-0.2, 0) is 0 Å². The van der Waals surface area contributed by atoms with Crippen molar-refractivity contribution >= 4 is 0 Å². The summed E-state index contributed by atoms with van der Waals surface area (Å²) in [5.74, 6) is 1.90. The molecule has 0 aromatic heterocycles. The molecule has 0 nitrogen and oxygen atoms in total. The van der Waals surface area contributed by atoms with Gasteiger partial charge in [-0.15, -0.1) is 0 Å². The third kappa shape index (κ3) is 4.50. The summed E-state index contributed by atoms with van der Waals surface area (Å²) in [6.07, 6.45) is 14.6. The molecule has 0 radical (unpaired) electrons. The Hall–Kier alpha value is -0.260. The summed E-state index contributed by atoms with van der Waals surface area (Å²) < 4.78 is 0. The molecule has 1 aliphatic rings. The lowest BCUT2D eigenvalue weighted by Gasteiger charge is -2.23. The highest BCUT2D eigenvalue weighted by Gasteiger charge is 2.15. The van der Waals surface area contributed by atoms with Crippen molar-refractivity contribution in [1.29, 1.82) is 0 Å². The van der Waals surface area contributed by atoms with Crippen LogP contribution in [0.1, 0.15) is 58.8 Å². The second-order valence-electron chi connectivity index (χ2n) is 4.59. The molecule has 0 heterocycles. The van der Waals surface area contributed by atoms with Crippen molar-refractivity contribution < 1.29 is 0 Å². The molecule has 0 aliphatic heterocycles. The maximum atomic E-state index is 2.47. The van der Waals surface area contributed by atoms with E-state index in [0.717, 1.165) is 11.8 Å². The van der Waals surface area contributed by atoms with E-state index < -0.39 is 0 Å². The largest absolute Gasteiger partial charge is 0.0883 e. The monoisotopic (exact) mass is 180 g/mol. The summed E-state index contributed by atoms with van der Waals surface area (Å²) in [4.78, 5) is 0. The molecule has 0 unspecified atom stereocenters. The van der Waals surface area contributed by atoms with Gasteiger partial charge in [0.25, 0.3) is 0 Å². The lowest BCUT2D eigenvalue weighted by atomic mass is 9.83. The van der Waals surface area contributed by atoms with Gasteiger partial charge in [-0.25, -0.2) is 0 Å². The van der Waals surface area contributed by atoms with Crippen molar-refractivity contribution in [2.45, 2.75) is 58.8 Å². The van der Waals surface area contributed by atoms with Gasteiger partial charge in [-0.2, -0.15) is 0 Å². The maximum Gasteiger partial charge on any atom is -0.0233 e. The molecule has 1 saturated carbocycles. The van der Waals surface area contributed by atoms with E-state index in [1.165, 1.54) is 44.9 Å². The highest BCUT2D eigenvalue weighted by atomic mass is 14.2. The third-order valence-electron chi connectivity index (χ3n) is 3.19. The number of rotatable bonds is 4. The normalized spacial score (nSPS) is 29.7. The average molecular weight is 180 g/mol. The molecule has 0 bridgehead atoms. The zero-order chi connectivity index (χ0) is 9.52. The van der Waals surface area contributed by atoms with Crippen LogP contribution in [0.4, 0.5) is 0 Å². The van der Waals surface area contributed by atoms with Gasteiger partial charge in [0.15, 0.2) is 0 Å². The summed E-state index contributed by atoms with van der Waals surface area (Å²) in [6.45, 7) is 4.65. The minimum Gasteiger partial charge on any atom is -0.0883 e. The standard InChI is InChI=1S/C13H24/c1-3-4-5-6-7-13-10-8-12(2)9-11-13/h6-7,12-13H,3-5,8-11H2,1-2H3/b7-6+. The van der Waals surface area contributed by atoms with Crippen LogP contribution in [0.5, 0.6) is 0 Å². The van der Waals surface area contributed by atoms with Crippen molar-refractivity contribution in [2.24, 2.45) is 11.8 Å². The molecule has 0 spiro atoms. The first-order chi connectivity index (χ1) is 6.33. The molecule has 13 heavy (non-hydrogen) atoms. The third-order valence-corrected chi connectivity index (χ3v) is 3.19. The second-order valence-corrected chi connectivity index (χ2v) is 4.59. The second kappa shape index (κ2) is 6.23. The van der Waals surface area contributed by atoms with Crippen LogP contribution in [-0.4, -0.2) is 0 Å². The predicted molar refractivity (Wildman–Crippen MR) is 59.8 cm³/mol. The fourth-order valence-electron chi connectivity index (χ4n) is 2.09. The molecule has 0 atom stereocenters. The van der Waals surface area contributed by atoms with E-state index in [2.05, 4.69) is 26.0 Å². The van der Waals surface area contributed by atoms with E-state index >= 15 is 0 Å². The molecule has 0 saturated heterocycles. The first-order valence-corrected chi connectivity index (χ1v) is 5.99. The number of unbranched alkanes of at least 4 members (excludes halogenated alkanes) is 2. The van der Waals surface area contributed by atoms with Crippen molar-refractivity contribution in [3.05, 3.63) is 12.2 Å². The Morgan fingerprint density at radius 2 is 1.85 bits per heavy atom. The van der Waals surface area contributed by atoms with Gasteiger partial charge in [0, 0.05) is 0 Å². The van der Waals surface area contributed by atoms with Crippen LogP contribution in [0.2, 0.25) is 0 Å². The molecular formula is C13H24. The minimum absolute atomic E-state index is 0.910. The van der Waals surface area contributed by atoms with Gasteiger partial charge >= 0.3 is 0 Å². The number of hydrogen-bond acceptors (Lipinski definition) is 0. The summed E-state index contributed by atoms with van der Waals surface area (Å²) in [5, 5.41) is 0. The quantitative estimate of drug-likeness (QED) is 0.439. The molecule has 0 aromatic rings. The lowest BCUT2D eigenvalue weighted by molar-refractivity contribution is 0.330. The average Bonchev–Trinajstić information content (AvgIpc) is 2.15. The van der Waals surface area contributed by atoms with Gasteiger partial charge in [0.2, 0.25) is 0 Å². The molecule has 1 fully saturated rings. The summed E-state index contributed by atoms with van der Waals surface area (Å²) in [6, 6.07) is 0. The van der Waals surface area contributed by atoms with Crippen LogP contribution in [0.25, 0.3) is 0 Å². The van der Waals surface area contributed by atoms with Gasteiger partial charge in [-0.3, -0.25) is 0 Å². The Morgan fingerprint density at radius 1 is 1.15 bits per heavy atom. The Bertz CT molecular complexity index is 138. The lowest BCUT2D eigenvalue weighted by Crippen LogP contribution is -2.09. The van der Waals surface area contributed by atoms with Gasteiger partial charge in [-0.1, -0.05) is 51.7 Å². The maximum absolute atomic E-state index is 2.47. The van der Waals surface area contributed by atoms with Crippen LogP contribution < -0.4 is 0 Å². The summed E-state index contributed by atoms with van der Waals surface area (Å²) in [5.41, 5.74) is 0. The van der Waals surface area contributed by atoms with Crippen LogP contribution in [0.3, 0.4) is 0 Å². The molecule has 1 rings (SSSR count). The van der Waals surface area contributed by atoms with E-state index in [-0.39, 0.29) is 0 Å². The number of hydrogen-bond donors (Lipinski definition) is 0. The first-order valence-electron chi connectivity index (χ1n) is 5.99. The Labute approximate surface area is 83.4 Å². The number of allylic oxidation sites excluding steroid dienone is 2. The molecule has 0 N–H and O–H groups in total. The van der Waals surface area contributed by atoms with Crippen molar-refractivity contribution in [1.82, 2.24) is 0 Å². The van der Waals surface area contributed by atoms with Crippen molar-refractivity contribution in [2.75, 3.05) is 0 Å². The van der Waals surface area contributed by atoms with E-state index in [0.29, 0.717) is 0 Å². The SMILES string of the molecule is CCCC/C=C/C1CCC(C)CC1.